The van der Waals surface area contributed by atoms with E-state index in [0.29, 0.717) is 54.6 Å². The van der Waals surface area contributed by atoms with Crippen molar-refractivity contribution < 1.29 is 27.1 Å². The number of hydrogen-bond acceptors (Lipinski definition) is 10. The lowest BCUT2D eigenvalue weighted by Crippen LogP contribution is -2.34. The Labute approximate surface area is 217 Å². The molecule has 1 aliphatic heterocycles. The number of nitrogens with one attached hydrogen (secondary N) is 3. The first-order chi connectivity index (χ1) is 18.3. The Balaban J connectivity index is 1.52. The van der Waals surface area contributed by atoms with Crippen LogP contribution in [0.3, 0.4) is 0 Å². The number of aromatic nitrogens is 5. The lowest BCUT2D eigenvalue weighted by molar-refractivity contribution is -0.140. The number of anilines is 1. The number of urea groups is 1. The third-order valence-electron chi connectivity index (χ3n) is 5.46. The topological polar surface area (TPSA) is 140 Å². The van der Waals surface area contributed by atoms with Gasteiger partial charge in [0, 0.05) is 42.0 Å². The molecule has 4 aromatic heterocycles. The zero-order valence-electron chi connectivity index (χ0n) is 19.9. The normalized spacial score (nSPS) is 15.8. The Kier molecular flexibility index (Phi) is 7.31. The SMILES string of the molecule is CCNC(=O)Nc1cc(-c2nc(C(F)(F)F)cs2)c(-c2ccnc(-c3nnc(C4COCCN4)o3)c2)cn1. The molecule has 1 unspecified atom stereocenters. The number of carbonyl (C=O) groups excluding carboxylic acids is 1. The van der Waals surface area contributed by atoms with E-state index in [4.69, 9.17) is 9.15 Å². The van der Waals surface area contributed by atoms with Gasteiger partial charge in [0.1, 0.15) is 22.6 Å². The van der Waals surface area contributed by atoms with Crippen LogP contribution in [0.25, 0.3) is 33.3 Å². The molecule has 0 radical (unpaired) electrons. The number of pyridine rings is 2. The minimum absolute atomic E-state index is 0.107. The van der Waals surface area contributed by atoms with Gasteiger partial charge in [0.25, 0.3) is 5.89 Å². The van der Waals surface area contributed by atoms with Crippen molar-refractivity contribution >= 4 is 23.2 Å². The van der Waals surface area contributed by atoms with Crippen LogP contribution >= 0.6 is 11.3 Å². The van der Waals surface area contributed by atoms with Gasteiger partial charge in [-0.25, -0.2) is 14.8 Å². The molecule has 5 heterocycles. The molecule has 38 heavy (non-hydrogen) atoms. The second-order valence-electron chi connectivity index (χ2n) is 8.09. The van der Waals surface area contributed by atoms with Crippen molar-refractivity contribution in [3.8, 4) is 33.3 Å². The summed E-state index contributed by atoms with van der Waals surface area (Å²) >= 11 is 0.833. The van der Waals surface area contributed by atoms with Crippen LogP contribution in [0.5, 0.6) is 0 Å². The van der Waals surface area contributed by atoms with E-state index in [0.717, 1.165) is 16.7 Å². The second-order valence-corrected chi connectivity index (χ2v) is 8.95. The van der Waals surface area contributed by atoms with Crippen molar-refractivity contribution in [3.05, 3.63) is 47.6 Å². The predicted molar refractivity (Wildman–Crippen MR) is 131 cm³/mol. The molecule has 15 heteroatoms. The maximum Gasteiger partial charge on any atom is 0.434 e. The van der Waals surface area contributed by atoms with Crippen LogP contribution in [0.15, 0.2) is 40.4 Å². The standard InChI is InChI=1S/C23H21F3N8O3S/c1-2-27-22(35)32-18-8-13(21-31-17(11-38-21)23(24,25)26)14(9-30-18)12-3-4-28-15(7-12)19-33-34-20(37-19)16-10-36-6-5-29-16/h3-4,7-9,11,16,29H,2,5-6,10H2,1H3,(H2,27,30,32,35). The molecule has 1 aliphatic rings. The minimum Gasteiger partial charge on any atom is -0.417 e. The molecule has 4 aromatic rings. The molecule has 5 rings (SSSR count). The number of morpholine rings is 1. The summed E-state index contributed by atoms with van der Waals surface area (Å²) in [4.78, 5) is 24.4. The molecule has 2 amide bonds. The van der Waals surface area contributed by atoms with Gasteiger partial charge in [-0.15, -0.1) is 21.5 Å². The lowest BCUT2D eigenvalue weighted by atomic mass is 10.0. The molecule has 0 aromatic carbocycles. The van der Waals surface area contributed by atoms with Gasteiger partial charge in [0.15, 0.2) is 5.69 Å². The zero-order chi connectivity index (χ0) is 26.7. The van der Waals surface area contributed by atoms with Crippen LogP contribution in [0.2, 0.25) is 0 Å². The van der Waals surface area contributed by atoms with Crippen molar-refractivity contribution in [3.63, 3.8) is 0 Å². The maximum atomic E-state index is 13.3. The molecular weight excluding hydrogens is 525 g/mol. The molecule has 198 valence electrons. The molecule has 1 saturated heterocycles. The number of ether oxygens (including phenoxy) is 1. The van der Waals surface area contributed by atoms with Crippen molar-refractivity contribution in [1.82, 2.24) is 35.8 Å². The average Bonchev–Trinajstić information content (AvgIpc) is 3.60. The van der Waals surface area contributed by atoms with Crippen molar-refractivity contribution in [2.45, 2.75) is 19.1 Å². The van der Waals surface area contributed by atoms with Gasteiger partial charge in [-0.2, -0.15) is 13.2 Å². The largest absolute Gasteiger partial charge is 0.434 e. The average molecular weight is 547 g/mol. The van der Waals surface area contributed by atoms with Crippen LogP contribution < -0.4 is 16.0 Å². The number of amides is 2. The molecule has 0 saturated carbocycles. The number of rotatable bonds is 6. The zero-order valence-corrected chi connectivity index (χ0v) is 20.7. The van der Waals surface area contributed by atoms with Crippen LogP contribution in [0, 0.1) is 0 Å². The Morgan fingerprint density at radius 3 is 2.84 bits per heavy atom. The highest BCUT2D eigenvalue weighted by atomic mass is 32.1. The lowest BCUT2D eigenvalue weighted by Gasteiger charge is -2.20. The summed E-state index contributed by atoms with van der Waals surface area (Å²) in [5.74, 6) is 0.681. The maximum absolute atomic E-state index is 13.3. The highest BCUT2D eigenvalue weighted by Gasteiger charge is 2.34. The van der Waals surface area contributed by atoms with Crippen LogP contribution in [-0.4, -0.2) is 57.5 Å². The third-order valence-corrected chi connectivity index (χ3v) is 6.33. The number of halogens is 3. The summed E-state index contributed by atoms with van der Waals surface area (Å²) < 4.78 is 51.1. The van der Waals surface area contributed by atoms with Crippen molar-refractivity contribution in [1.29, 1.82) is 0 Å². The van der Waals surface area contributed by atoms with E-state index in [9.17, 15) is 18.0 Å². The van der Waals surface area contributed by atoms with E-state index in [2.05, 4.69) is 41.1 Å². The Bertz CT molecular complexity index is 1440. The Morgan fingerprint density at radius 1 is 1.24 bits per heavy atom. The van der Waals surface area contributed by atoms with Crippen LogP contribution in [0.1, 0.15) is 24.6 Å². The molecular formula is C23H21F3N8O3S. The first kappa shape index (κ1) is 25.7. The van der Waals surface area contributed by atoms with Gasteiger partial charge < -0.3 is 19.8 Å². The van der Waals surface area contributed by atoms with E-state index in [1.54, 1.807) is 19.1 Å². The van der Waals surface area contributed by atoms with E-state index in [1.165, 1.54) is 18.5 Å². The Morgan fingerprint density at radius 2 is 2.11 bits per heavy atom. The van der Waals surface area contributed by atoms with Gasteiger partial charge in [0.2, 0.25) is 5.89 Å². The number of hydrogen-bond donors (Lipinski definition) is 3. The van der Waals surface area contributed by atoms with Gasteiger partial charge in [-0.3, -0.25) is 10.3 Å². The van der Waals surface area contributed by atoms with E-state index in [1.807, 2.05) is 0 Å². The molecule has 0 aliphatic carbocycles. The highest BCUT2D eigenvalue weighted by molar-refractivity contribution is 7.13. The molecule has 1 atom stereocenters. The summed E-state index contributed by atoms with van der Waals surface area (Å²) in [6.07, 6.45) is -1.63. The minimum atomic E-state index is -4.60. The molecule has 11 nitrogen and oxygen atoms in total. The molecule has 0 spiro atoms. The van der Waals surface area contributed by atoms with Crippen molar-refractivity contribution in [2.75, 3.05) is 31.6 Å². The Hall–Kier alpha value is -3.95. The highest BCUT2D eigenvalue weighted by Crippen LogP contribution is 2.39. The van der Waals surface area contributed by atoms with Crippen molar-refractivity contribution in [2.24, 2.45) is 0 Å². The summed E-state index contributed by atoms with van der Waals surface area (Å²) in [7, 11) is 0. The van der Waals surface area contributed by atoms with Crippen LogP contribution in [-0.2, 0) is 10.9 Å². The summed E-state index contributed by atoms with van der Waals surface area (Å²) in [5.41, 5.74) is 0.750. The van der Waals surface area contributed by atoms with Gasteiger partial charge in [-0.1, -0.05) is 0 Å². The molecule has 0 bridgehead atoms. The van der Waals surface area contributed by atoms with Gasteiger partial charge in [0.05, 0.1) is 13.2 Å². The number of thiazole rings is 1. The summed E-state index contributed by atoms with van der Waals surface area (Å²) in [6.45, 7) is 3.79. The summed E-state index contributed by atoms with van der Waals surface area (Å²) in [5, 5.41) is 17.6. The first-order valence-corrected chi connectivity index (χ1v) is 12.4. The molecule has 1 fully saturated rings. The number of nitrogens with zero attached hydrogens (tertiary/aromatic N) is 5. The smallest absolute Gasteiger partial charge is 0.417 e. The third kappa shape index (κ3) is 5.64. The first-order valence-electron chi connectivity index (χ1n) is 11.5. The summed E-state index contributed by atoms with van der Waals surface area (Å²) in [6, 6.07) is 4.08. The fourth-order valence-electron chi connectivity index (χ4n) is 3.70. The fourth-order valence-corrected chi connectivity index (χ4v) is 4.55. The van der Waals surface area contributed by atoms with Gasteiger partial charge in [-0.05, 0) is 30.7 Å². The van der Waals surface area contributed by atoms with E-state index in [-0.39, 0.29) is 22.8 Å². The number of carbonyl (C=O) groups is 1. The predicted octanol–water partition coefficient (Wildman–Crippen LogP) is 4.14. The van der Waals surface area contributed by atoms with Gasteiger partial charge >= 0.3 is 12.2 Å². The van der Waals surface area contributed by atoms with E-state index < -0.39 is 17.9 Å². The number of alkyl halides is 3. The van der Waals surface area contributed by atoms with Crippen LogP contribution in [0.4, 0.5) is 23.8 Å². The fraction of sp³-hybridized carbons (Fsp3) is 0.304. The molecule has 3 N–H and O–H groups in total. The van der Waals surface area contributed by atoms with E-state index >= 15 is 0 Å². The quantitative estimate of drug-likeness (QED) is 0.326. The second kappa shape index (κ2) is 10.8. The monoisotopic (exact) mass is 546 g/mol.